The van der Waals surface area contributed by atoms with Crippen molar-refractivity contribution in [3.05, 3.63) is 64.2 Å². The molecule has 2 aromatic heterocycles. The highest BCUT2D eigenvalue weighted by atomic mass is 35.5. The summed E-state index contributed by atoms with van der Waals surface area (Å²) in [5.74, 6) is 0.702. The van der Waals surface area contributed by atoms with Gasteiger partial charge in [0.2, 0.25) is 0 Å². The number of pyridine rings is 1. The number of carbonyl (C=O) groups is 1. The van der Waals surface area contributed by atoms with Gasteiger partial charge in [0, 0.05) is 23.7 Å². The topological polar surface area (TPSA) is 57.0 Å². The van der Waals surface area contributed by atoms with Gasteiger partial charge in [-0.25, -0.2) is 9.97 Å². The molecule has 0 fully saturated rings. The molecule has 27 heavy (non-hydrogen) atoms. The molecule has 3 aromatic rings. The maximum atomic E-state index is 11.7. The third kappa shape index (κ3) is 2.91. The van der Waals surface area contributed by atoms with Gasteiger partial charge in [0.05, 0.1) is 0 Å². The van der Waals surface area contributed by atoms with Gasteiger partial charge < -0.3 is 4.74 Å². The largest absolute Gasteiger partial charge is 0.455 e. The number of ether oxygens (including phenoxy) is 1. The lowest BCUT2D eigenvalue weighted by atomic mass is 9.97. The van der Waals surface area contributed by atoms with Crippen molar-refractivity contribution in [2.45, 2.75) is 32.3 Å². The first kappa shape index (κ1) is 18.0. The van der Waals surface area contributed by atoms with Crippen LogP contribution in [0.1, 0.15) is 41.1 Å². The molecule has 5 nitrogen and oxygen atoms in total. The van der Waals surface area contributed by atoms with Crippen LogP contribution in [-0.4, -0.2) is 20.5 Å². The van der Waals surface area contributed by atoms with Crippen LogP contribution in [0, 0.1) is 13.8 Å². The van der Waals surface area contributed by atoms with Crippen molar-refractivity contribution in [2.24, 2.45) is 0 Å². The Labute approximate surface area is 166 Å². The maximum absolute atomic E-state index is 11.7. The monoisotopic (exact) mass is 401 g/mol. The van der Waals surface area contributed by atoms with E-state index in [2.05, 4.69) is 9.97 Å². The fourth-order valence-corrected chi connectivity index (χ4v) is 4.15. The van der Waals surface area contributed by atoms with Gasteiger partial charge in [-0.15, -0.1) is 11.6 Å². The van der Waals surface area contributed by atoms with E-state index in [0.717, 1.165) is 22.4 Å². The van der Waals surface area contributed by atoms with Crippen LogP contribution >= 0.6 is 23.2 Å². The fourth-order valence-electron chi connectivity index (χ4n) is 3.51. The Hall–Kier alpha value is -2.37. The van der Waals surface area contributed by atoms with Gasteiger partial charge in [-0.2, -0.15) is 0 Å². The maximum Gasteiger partial charge on any atom is 0.303 e. The van der Waals surface area contributed by atoms with Crippen molar-refractivity contribution in [3.63, 3.8) is 0 Å². The Morgan fingerprint density at radius 1 is 1.19 bits per heavy atom. The Kier molecular flexibility index (Phi) is 4.44. The van der Waals surface area contributed by atoms with E-state index in [0.29, 0.717) is 22.5 Å². The molecule has 1 aromatic carbocycles. The minimum atomic E-state index is -0.681. The molecule has 3 heterocycles. The van der Waals surface area contributed by atoms with Gasteiger partial charge in [0.1, 0.15) is 27.9 Å². The van der Waals surface area contributed by atoms with Crippen LogP contribution in [0.4, 0.5) is 0 Å². The SMILES string of the molecule is CC(=O)O[C@@H]1c2c(C)cc(C)nc2-n2c(nc(-c3ccccc3)c2Cl)[C@H]1Cl. The van der Waals surface area contributed by atoms with Crippen LogP contribution in [0.15, 0.2) is 36.4 Å². The van der Waals surface area contributed by atoms with Crippen molar-refractivity contribution in [1.82, 2.24) is 14.5 Å². The lowest BCUT2D eigenvalue weighted by Gasteiger charge is -2.31. The molecule has 2 atom stereocenters. The highest BCUT2D eigenvalue weighted by molar-refractivity contribution is 6.32. The first-order chi connectivity index (χ1) is 12.9. The van der Waals surface area contributed by atoms with Crippen LogP contribution < -0.4 is 0 Å². The standard InChI is InChI=1S/C20H17Cl2N3O2/c1-10-9-11(2)23-19-14(10)17(27-12(3)26)15(21)20-24-16(18(22)25(19)20)13-7-5-4-6-8-13/h4-9,15,17H,1-3H3/t15-,17+/m0/s1. The first-order valence-corrected chi connectivity index (χ1v) is 9.33. The lowest BCUT2D eigenvalue weighted by molar-refractivity contribution is -0.147. The minimum Gasteiger partial charge on any atom is -0.455 e. The third-order valence-electron chi connectivity index (χ3n) is 4.57. The molecule has 0 amide bonds. The molecule has 0 N–H and O–H groups in total. The molecule has 0 unspecified atom stereocenters. The lowest BCUT2D eigenvalue weighted by Crippen LogP contribution is -2.25. The number of aryl methyl sites for hydroxylation is 2. The predicted molar refractivity (Wildman–Crippen MR) is 104 cm³/mol. The molecule has 1 aliphatic rings. The number of carbonyl (C=O) groups excluding carboxylic acids is 1. The number of alkyl halides is 1. The number of hydrogen-bond donors (Lipinski definition) is 0. The fraction of sp³-hybridized carbons (Fsp3) is 0.250. The van der Waals surface area contributed by atoms with E-state index in [-0.39, 0.29) is 0 Å². The van der Waals surface area contributed by atoms with Crippen molar-refractivity contribution < 1.29 is 9.53 Å². The van der Waals surface area contributed by atoms with Crippen LogP contribution in [0.25, 0.3) is 17.1 Å². The average Bonchev–Trinajstić information content (AvgIpc) is 2.96. The van der Waals surface area contributed by atoms with Crippen molar-refractivity contribution in [2.75, 3.05) is 0 Å². The zero-order valence-corrected chi connectivity index (χ0v) is 16.5. The zero-order chi connectivity index (χ0) is 19.3. The second-order valence-electron chi connectivity index (χ2n) is 6.56. The summed E-state index contributed by atoms with van der Waals surface area (Å²) in [6, 6.07) is 11.6. The van der Waals surface area contributed by atoms with Crippen LogP contribution in [0.3, 0.4) is 0 Å². The molecule has 0 saturated carbocycles. The number of fused-ring (bicyclic) bond motifs is 3. The van der Waals surface area contributed by atoms with Gasteiger partial charge in [-0.3, -0.25) is 9.36 Å². The van der Waals surface area contributed by atoms with E-state index in [1.165, 1.54) is 6.92 Å². The van der Waals surface area contributed by atoms with E-state index in [1.54, 1.807) is 4.57 Å². The predicted octanol–water partition coefficient (Wildman–Crippen LogP) is 5.10. The molecule has 0 bridgehead atoms. The number of hydrogen-bond acceptors (Lipinski definition) is 4. The molecule has 4 rings (SSSR count). The number of halogens is 2. The molecular weight excluding hydrogens is 385 g/mol. The molecule has 7 heteroatoms. The molecule has 0 radical (unpaired) electrons. The van der Waals surface area contributed by atoms with Gasteiger partial charge in [0.25, 0.3) is 0 Å². The Bertz CT molecular complexity index is 1050. The van der Waals surface area contributed by atoms with Gasteiger partial charge >= 0.3 is 5.97 Å². The van der Waals surface area contributed by atoms with Gasteiger partial charge in [-0.1, -0.05) is 41.9 Å². The van der Waals surface area contributed by atoms with E-state index in [4.69, 9.17) is 27.9 Å². The average molecular weight is 402 g/mol. The van der Waals surface area contributed by atoms with E-state index < -0.39 is 17.5 Å². The first-order valence-electron chi connectivity index (χ1n) is 8.52. The molecule has 138 valence electrons. The van der Waals surface area contributed by atoms with Crippen LogP contribution in [-0.2, 0) is 9.53 Å². The van der Waals surface area contributed by atoms with E-state index >= 15 is 0 Å². The molecular formula is C20H17Cl2N3O2. The highest BCUT2D eigenvalue weighted by Gasteiger charge is 2.40. The zero-order valence-electron chi connectivity index (χ0n) is 15.0. The smallest absolute Gasteiger partial charge is 0.303 e. The number of imidazole rings is 1. The summed E-state index contributed by atoms with van der Waals surface area (Å²) in [6.45, 7) is 5.22. The quantitative estimate of drug-likeness (QED) is 0.442. The molecule has 1 aliphatic heterocycles. The van der Waals surface area contributed by atoms with Crippen LogP contribution in [0.2, 0.25) is 5.15 Å². The van der Waals surface area contributed by atoms with Gasteiger partial charge in [0.15, 0.2) is 6.10 Å². The summed E-state index contributed by atoms with van der Waals surface area (Å²) in [5, 5.41) is -0.249. The van der Waals surface area contributed by atoms with E-state index in [1.807, 2.05) is 50.2 Å². The Morgan fingerprint density at radius 3 is 2.56 bits per heavy atom. The molecule has 0 aliphatic carbocycles. The molecule has 0 saturated heterocycles. The summed E-state index contributed by atoms with van der Waals surface area (Å²) >= 11 is 13.4. The molecule has 0 spiro atoms. The van der Waals surface area contributed by atoms with Crippen molar-refractivity contribution in [3.8, 4) is 17.1 Å². The van der Waals surface area contributed by atoms with Crippen LogP contribution in [0.5, 0.6) is 0 Å². The van der Waals surface area contributed by atoms with Crippen molar-refractivity contribution in [1.29, 1.82) is 0 Å². The van der Waals surface area contributed by atoms with E-state index in [9.17, 15) is 4.79 Å². The normalized spacial score (nSPS) is 18.0. The third-order valence-corrected chi connectivity index (χ3v) is 5.34. The Morgan fingerprint density at radius 2 is 1.89 bits per heavy atom. The van der Waals surface area contributed by atoms with Gasteiger partial charge in [-0.05, 0) is 25.5 Å². The number of benzene rings is 1. The summed E-state index contributed by atoms with van der Waals surface area (Å²) in [7, 11) is 0. The summed E-state index contributed by atoms with van der Waals surface area (Å²) in [5.41, 5.74) is 4.02. The second-order valence-corrected chi connectivity index (χ2v) is 7.39. The number of aromatic nitrogens is 3. The number of rotatable bonds is 2. The summed E-state index contributed by atoms with van der Waals surface area (Å²) < 4.78 is 7.32. The highest BCUT2D eigenvalue weighted by Crippen LogP contribution is 2.48. The van der Waals surface area contributed by atoms with Crippen molar-refractivity contribution >= 4 is 29.2 Å². The number of nitrogens with zero attached hydrogens (tertiary/aromatic N) is 3. The second kappa shape index (κ2) is 6.66. The number of esters is 1. The minimum absolute atomic E-state index is 0.411. The summed E-state index contributed by atoms with van der Waals surface area (Å²) in [4.78, 5) is 21.0. The Balaban J connectivity index is 2.00. The summed E-state index contributed by atoms with van der Waals surface area (Å²) in [6.07, 6.45) is -0.679.